The summed E-state index contributed by atoms with van der Waals surface area (Å²) in [6, 6.07) is 5.40. The molecule has 0 saturated carbocycles. The van der Waals surface area contributed by atoms with Crippen LogP contribution in [0.25, 0.3) is 0 Å². The Morgan fingerprint density at radius 1 is 1.21 bits per heavy atom. The van der Waals surface area contributed by atoms with Crippen molar-refractivity contribution < 1.29 is 0 Å². The second-order valence-electron chi connectivity index (χ2n) is 3.87. The lowest BCUT2D eigenvalue weighted by Crippen LogP contribution is -2.13. The summed E-state index contributed by atoms with van der Waals surface area (Å²) in [6.45, 7) is 4.26. The topological polar surface area (TPSA) is 26.0 Å². The maximum Gasteiger partial charge on any atom is 0.0468 e. The van der Waals surface area contributed by atoms with Crippen LogP contribution in [0.5, 0.6) is 0 Å². The molecule has 1 rings (SSSR count). The SMILES string of the molecule is CC(C)CC(N)c1c(Cl)cccc1Cl. The van der Waals surface area contributed by atoms with Crippen molar-refractivity contribution in [3.05, 3.63) is 33.8 Å². The molecule has 2 N–H and O–H groups in total. The van der Waals surface area contributed by atoms with Crippen LogP contribution in [0, 0.1) is 5.92 Å². The summed E-state index contributed by atoms with van der Waals surface area (Å²) in [7, 11) is 0. The maximum absolute atomic E-state index is 6.04. The fourth-order valence-corrected chi connectivity index (χ4v) is 2.17. The van der Waals surface area contributed by atoms with E-state index in [9.17, 15) is 0 Å². The van der Waals surface area contributed by atoms with E-state index in [0.29, 0.717) is 16.0 Å². The predicted octanol–water partition coefficient (Wildman–Crippen LogP) is 4.04. The molecule has 1 unspecified atom stereocenters. The number of rotatable bonds is 3. The fourth-order valence-electron chi connectivity index (χ4n) is 1.49. The van der Waals surface area contributed by atoms with Crippen LogP contribution in [0.4, 0.5) is 0 Å². The lowest BCUT2D eigenvalue weighted by Gasteiger charge is -2.17. The molecule has 0 saturated heterocycles. The van der Waals surface area contributed by atoms with Gasteiger partial charge in [0.1, 0.15) is 0 Å². The first kappa shape index (κ1) is 11.8. The van der Waals surface area contributed by atoms with Gasteiger partial charge in [0.2, 0.25) is 0 Å². The largest absolute Gasteiger partial charge is 0.324 e. The third kappa shape index (κ3) is 2.88. The molecule has 0 fully saturated rings. The lowest BCUT2D eigenvalue weighted by molar-refractivity contribution is 0.510. The summed E-state index contributed by atoms with van der Waals surface area (Å²) in [5.74, 6) is 0.539. The van der Waals surface area contributed by atoms with Gasteiger partial charge in [-0.1, -0.05) is 43.1 Å². The van der Waals surface area contributed by atoms with E-state index in [0.717, 1.165) is 12.0 Å². The monoisotopic (exact) mass is 231 g/mol. The number of benzene rings is 1. The molecular formula is C11H15Cl2N. The number of nitrogens with two attached hydrogens (primary N) is 1. The predicted molar refractivity (Wildman–Crippen MR) is 62.8 cm³/mol. The quantitative estimate of drug-likeness (QED) is 0.836. The highest BCUT2D eigenvalue weighted by Gasteiger charge is 2.14. The second kappa shape index (κ2) is 5.01. The van der Waals surface area contributed by atoms with Crippen molar-refractivity contribution in [1.29, 1.82) is 0 Å². The molecule has 78 valence electrons. The average molecular weight is 232 g/mol. The minimum Gasteiger partial charge on any atom is -0.324 e. The fraction of sp³-hybridized carbons (Fsp3) is 0.455. The highest BCUT2D eigenvalue weighted by Crippen LogP contribution is 2.31. The van der Waals surface area contributed by atoms with Crippen molar-refractivity contribution in [2.45, 2.75) is 26.3 Å². The van der Waals surface area contributed by atoms with Crippen molar-refractivity contribution in [1.82, 2.24) is 0 Å². The lowest BCUT2D eigenvalue weighted by atomic mass is 9.98. The Morgan fingerprint density at radius 3 is 2.14 bits per heavy atom. The third-order valence-corrected chi connectivity index (χ3v) is 2.76. The Kier molecular flexibility index (Phi) is 4.24. The van der Waals surface area contributed by atoms with Gasteiger partial charge in [0.05, 0.1) is 0 Å². The number of hydrogen-bond donors (Lipinski definition) is 1. The molecule has 1 aromatic carbocycles. The molecular weight excluding hydrogens is 217 g/mol. The molecule has 0 amide bonds. The van der Waals surface area contributed by atoms with Gasteiger partial charge in [-0.3, -0.25) is 0 Å². The Balaban J connectivity index is 2.94. The van der Waals surface area contributed by atoms with Crippen LogP contribution in [0.1, 0.15) is 31.9 Å². The molecule has 0 bridgehead atoms. The van der Waals surface area contributed by atoms with Crippen LogP contribution in [0.15, 0.2) is 18.2 Å². The Hall–Kier alpha value is -0.240. The van der Waals surface area contributed by atoms with Crippen LogP contribution in [0.3, 0.4) is 0 Å². The van der Waals surface area contributed by atoms with Gasteiger partial charge in [-0.2, -0.15) is 0 Å². The maximum atomic E-state index is 6.04. The van der Waals surface area contributed by atoms with Gasteiger partial charge in [0.25, 0.3) is 0 Å². The van der Waals surface area contributed by atoms with E-state index in [1.807, 2.05) is 18.2 Å². The van der Waals surface area contributed by atoms with Gasteiger partial charge < -0.3 is 5.73 Å². The minimum absolute atomic E-state index is 0.0730. The van der Waals surface area contributed by atoms with Crippen molar-refractivity contribution in [3.63, 3.8) is 0 Å². The number of hydrogen-bond acceptors (Lipinski definition) is 1. The van der Waals surface area contributed by atoms with Gasteiger partial charge in [-0.15, -0.1) is 0 Å². The van der Waals surface area contributed by atoms with Crippen molar-refractivity contribution in [2.24, 2.45) is 11.7 Å². The molecule has 0 radical (unpaired) electrons. The standard InChI is InChI=1S/C11H15Cl2N/c1-7(2)6-10(14)11-8(12)4-3-5-9(11)13/h3-5,7,10H,6,14H2,1-2H3. The summed E-state index contributed by atoms with van der Waals surface area (Å²) in [5.41, 5.74) is 6.89. The Labute approximate surface area is 95.2 Å². The number of halogens is 2. The molecule has 14 heavy (non-hydrogen) atoms. The van der Waals surface area contributed by atoms with E-state index in [-0.39, 0.29) is 6.04 Å². The van der Waals surface area contributed by atoms with Crippen LogP contribution in [0.2, 0.25) is 10.0 Å². The third-order valence-electron chi connectivity index (χ3n) is 2.10. The summed E-state index contributed by atoms with van der Waals surface area (Å²) >= 11 is 12.1. The van der Waals surface area contributed by atoms with E-state index in [4.69, 9.17) is 28.9 Å². The van der Waals surface area contributed by atoms with Crippen LogP contribution in [-0.4, -0.2) is 0 Å². The molecule has 0 aliphatic carbocycles. The van der Waals surface area contributed by atoms with Crippen molar-refractivity contribution in [3.8, 4) is 0 Å². The summed E-state index contributed by atoms with van der Waals surface area (Å²) < 4.78 is 0. The first-order valence-corrected chi connectivity index (χ1v) is 5.47. The summed E-state index contributed by atoms with van der Waals surface area (Å²) in [4.78, 5) is 0. The average Bonchev–Trinajstić information content (AvgIpc) is 2.01. The Morgan fingerprint density at radius 2 is 1.71 bits per heavy atom. The van der Waals surface area contributed by atoms with Crippen LogP contribution < -0.4 is 5.73 Å². The van der Waals surface area contributed by atoms with Crippen molar-refractivity contribution >= 4 is 23.2 Å². The highest BCUT2D eigenvalue weighted by molar-refractivity contribution is 6.36. The first-order chi connectivity index (χ1) is 6.52. The van der Waals surface area contributed by atoms with Gasteiger partial charge in [-0.05, 0) is 24.5 Å². The zero-order chi connectivity index (χ0) is 10.7. The van der Waals surface area contributed by atoms with E-state index in [1.165, 1.54) is 0 Å². The normalized spacial score (nSPS) is 13.3. The molecule has 0 aliphatic rings. The second-order valence-corrected chi connectivity index (χ2v) is 4.69. The Bertz CT molecular complexity index is 290. The van der Waals surface area contributed by atoms with Gasteiger partial charge in [-0.25, -0.2) is 0 Å². The smallest absolute Gasteiger partial charge is 0.0468 e. The van der Waals surface area contributed by atoms with E-state index >= 15 is 0 Å². The van der Waals surface area contributed by atoms with Crippen LogP contribution in [-0.2, 0) is 0 Å². The molecule has 0 heterocycles. The molecule has 0 spiro atoms. The first-order valence-electron chi connectivity index (χ1n) is 4.72. The molecule has 1 atom stereocenters. The van der Waals surface area contributed by atoms with Crippen molar-refractivity contribution in [2.75, 3.05) is 0 Å². The highest BCUT2D eigenvalue weighted by atomic mass is 35.5. The molecule has 0 aromatic heterocycles. The zero-order valence-electron chi connectivity index (χ0n) is 8.43. The molecule has 1 aromatic rings. The zero-order valence-corrected chi connectivity index (χ0v) is 9.94. The van der Waals surface area contributed by atoms with Gasteiger partial charge in [0, 0.05) is 21.7 Å². The van der Waals surface area contributed by atoms with E-state index < -0.39 is 0 Å². The molecule has 0 aliphatic heterocycles. The minimum atomic E-state index is -0.0730. The molecule has 1 nitrogen and oxygen atoms in total. The summed E-state index contributed by atoms with van der Waals surface area (Å²) in [6.07, 6.45) is 0.892. The van der Waals surface area contributed by atoms with Gasteiger partial charge >= 0.3 is 0 Å². The summed E-state index contributed by atoms with van der Waals surface area (Å²) in [5, 5.41) is 1.32. The van der Waals surface area contributed by atoms with E-state index in [2.05, 4.69) is 13.8 Å². The van der Waals surface area contributed by atoms with Crippen LogP contribution >= 0.6 is 23.2 Å². The van der Waals surface area contributed by atoms with Gasteiger partial charge in [0.15, 0.2) is 0 Å². The molecule has 3 heteroatoms. The van der Waals surface area contributed by atoms with E-state index in [1.54, 1.807) is 0 Å².